The number of rotatable bonds is 11. The van der Waals surface area contributed by atoms with Crippen LogP contribution in [0.15, 0.2) is 60.9 Å². The second-order valence-electron chi connectivity index (χ2n) is 24.3. The van der Waals surface area contributed by atoms with Gasteiger partial charge in [-0.1, -0.05) is 42.2 Å². The van der Waals surface area contributed by atoms with Gasteiger partial charge in [-0.2, -0.15) is 10.2 Å². The summed E-state index contributed by atoms with van der Waals surface area (Å²) in [5.74, 6) is 0.192. The number of benzene rings is 2. The maximum Gasteiger partial charge on any atom is 0.407 e. The van der Waals surface area contributed by atoms with E-state index in [0.717, 1.165) is 94.0 Å². The van der Waals surface area contributed by atoms with E-state index < -0.39 is 37.3 Å². The van der Waals surface area contributed by atoms with Gasteiger partial charge in [0.25, 0.3) is 11.8 Å². The van der Waals surface area contributed by atoms with Gasteiger partial charge < -0.3 is 40.1 Å². The highest BCUT2D eigenvalue weighted by atomic mass is 35.5. The van der Waals surface area contributed by atoms with Crippen LogP contribution in [0.2, 0.25) is 15.2 Å². The van der Waals surface area contributed by atoms with Crippen LogP contribution >= 0.6 is 34.8 Å². The number of anilines is 3. The summed E-state index contributed by atoms with van der Waals surface area (Å²) in [6.07, 6.45) is 11.8. The lowest BCUT2D eigenvalue weighted by molar-refractivity contribution is 0.0497. The summed E-state index contributed by atoms with van der Waals surface area (Å²) in [6.45, 7) is 19.1. The van der Waals surface area contributed by atoms with E-state index in [-0.39, 0.29) is 72.0 Å². The number of amides is 4. The van der Waals surface area contributed by atoms with Gasteiger partial charge in [0.2, 0.25) is 20.0 Å². The average Bonchev–Trinajstić information content (AvgIpc) is 1.66. The fraction of sp³-hybridized carbons (Fsp3) is 0.525. The minimum absolute atomic E-state index is 0. The minimum atomic E-state index is -3.61. The monoisotopic (exact) mass is 1310 g/mol. The highest BCUT2D eigenvalue weighted by Gasteiger charge is 2.35. The SMILES string of the molecule is C.CC(C)(C)OC(=O)N[C@H]1CCNC1.Cc1cn2nc([C@@H]3CCCCN3C(=O)c3cc(Cl)ccc3NS(C)(=O)=O)cc2nc1Cl.Cc1cn2nc([C@@H]3CCCCN3C(=O)c3cc(Cl)ccc3NS(C)(=O)=O)cc2nc1N1CC[C@H](NC(=O)OC(C)(C)C)C1. The summed E-state index contributed by atoms with van der Waals surface area (Å²) in [5.41, 5.74) is 4.21. The van der Waals surface area contributed by atoms with Gasteiger partial charge in [-0.05, 0) is 150 Å². The third kappa shape index (κ3) is 18.7. The molecule has 4 saturated heterocycles. The Morgan fingerprint density at radius 1 is 0.614 bits per heavy atom. The molecule has 88 heavy (non-hydrogen) atoms. The molecule has 2 aromatic carbocycles. The Hall–Kier alpha value is -6.71. The molecule has 4 atom stereocenters. The lowest BCUT2D eigenvalue weighted by Crippen LogP contribution is -2.40. The van der Waals surface area contributed by atoms with Crippen LogP contribution in [0.1, 0.15) is 156 Å². The van der Waals surface area contributed by atoms with E-state index in [1.807, 2.05) is 73.7 Å². The molecule has 29 heteroatoms. The largest absolute Gasteiger partial charge is 0.444 e. The highest BCUT2D eigenvalue weighted by molar-refractivity contribution is 7.92. The molecule has 0 radical (unpaired) electrons. The summed E-state index contributed by atoms with van der Waals surface area (Å²) in [5, 5.41) is 19.5. The number of aryl methyl sites for hydroxylation is 2. The van der Waals surface area contributed by atoms with Gasteiger partial charge in [-0.25, -0.2) is 45.4 Å². The van der Waals surface area contributed by atoms with Crippen LogP contribution in [0.5, 0.6) is 0 Å². The van der Waals surface area contributed by atoms with Crippen molar-refractivity contribution in [2.75, 3.05) is 66.1 Å². The normalized spacial score (nSPS) is 18.9. The van der Waals surface area contributed by atoms with E-state index in [1.165, 1.54) is 24.3 Å². The number of piperidine rings is 2. The maximum atomic E-state index is 13.9. The third-order valence-corrected chi connectivity index (χ3v) is 16.5. The molecule has 6 aromatic rings. The Kier molecular flexibility index (Phi) is 22.2. The molecule has 10 rings (SSSR count). The second-order valence-corrected chi connectivity index (χ2v) is 29.0. The second kappa shape index (κ2) is 28.4. The molecular weight excluding hydrogens is 1240 g/mol. The number of hydrogen-bond acceptors (Lipinski definition) is 16. The zero-order valence-corrected chi connectivity index (χ0v) is 54.4. The highest BCUT2D eigenvalue weighted by Crippen LogP contribution is 2.37. The van der Waals surface area contributed by atoms with E-state index in [1.54, 1.807) is 37.2 Å². The number of alkyl carbamates (subject to hydrolysis) is 2. The number of nitrogens with zero attached hydrogens (tertiary/aromatic N) is 9. The molecule has 5 N–H and O–H groups in total. The summed E-state index contributed by atoms with van der Waals surface area (Å²) in [6, 6.07) is 12.4. The van der Waals surface area contributed by atoms with Gasteiger partial charge >= 0.3 is 12.2 Å². The molecule has 480 valence electrons. The standard InChI is InChI=1S/C29H38ClN7O5S.C20H21Cl2N5O3S.C9H18N2O2.CH4/c1-18-16-37-25(32-26(18)35-13-11-20(17-35)31-28(39)42-29(2,3)4)15-23(33-37)24-8-6-7-12-36(24)27(38)21-14-19(30)9-10-22(21)34-43(5,40)41;1-12-11-27-18(23-19(12)22)10-16(24-27)17-5-3-4-8-26(17)20(28)14-9-13(21)6-7-15(14)25-31(2,29)30;1-9(2,3)13-8(12)11-7-4-5-10-6-7;/h9-10,14-16,20,24,34H,6-8,11-13,17H2,1-5H3,(H,31,39);6-7,9-11,17,25H,3-5,8H2,1-2H3;7,10H,4-6H2,1-3H3,(H,11,12);1H4/t20-,24-;17-;7-;/m000./s1. The predicted octanol–water partition coefficient (Wildman–Crippen LogP) is 10.1. The number of fused-ring (bicyclic) bond motifs is 2. The first kappa shape index (κ1) is 68.8. The first-order chi connectivity index (χ1) is 40.8. The number of carbonyl (C=O) groups is 4. The van der Waals surface area contributed by atoms with Crippen LogP contribution in [0, 0.1) is 13.8 Å². The number of aromatic nitrogens is 6. The Bertz CT molecular complexity index is 3720. The van der Waals surface area contributed by atoms with Crippen molar-refractivity contribution in [3.05, 3.63) is 110 Å². The third-order valence-electron chi connectivity index (χ3n) is 14.4. The number of nitrogens with one attached hydrogen (secondary N) is 5. The van der Waals surface area contributed by atoms with Crippen LogP contribution in [-0.2, 0) is 29.5 Å². The quantitative estimate of drug-likeness (QED) is 0.0754. The molecule has 0 spiro atoms. The van der Waals surface area contributed by atoms with Crippen LogP contribution in [0.4, 0.5) is 26.8 Å². The van der Waals surface area contributed by atoms with Gasteiger partial charge in [0, 0.05) is 84.5 Å². The molecule has 0 aliphatic carbocycles. The molecule has 4 aromatic heterocycles. The zero-order valence-electron chi connectivity index (χ0n) is 50.5. The molecule has 0 unspecified atom stereocenters. The predicted molar refractivity (Wildman–Crippen MR) is 343 cm³/mol. The Morgan fingerprint density at radius 3 is 1.53 bits per heavy atom. The van der Waals surface area contributed by atoms with Gasteiger partial charge in [0.05, 0.1) is 64.5 Å². The van der Waals surface area contributed by atoms with Crippen molar-refractivity contribution < 1.29 is 45.5 Å². The molecule has 4 aliphatic heterocycles. The zero-order chi connectivity index (χ0) is 63.3. The van der Waals surface area contributed by atoms with Gasteiger partial charge in [0.15, 0.2) is 11.3 Å². The van der Waals surface area contributed by atoms with Crippen LogP contribution < -0.4 is 30.3 Å². The first-order valence-corrected chi connectivity index (χ1v) is 33.7. The summed E-state index contributed by atoms with van der Waals surface area (Å²) in [7, 11) is -7.18. The molecule has 0 bridgehead atoms. The fourth-order valence-electron chi connectivity index (χ4n) is 10.7. The first-order valence-electron chi connectivity index (χ1n) is 28.8. The van der Waals surface area contributed by atoms with Crippen molar-refractivity contribution in [1.82, 2.24) is 54.9 Å². The Morgan fingerprint density at radius 2 is 1.08 bits per heavy atom. The number of halogens is 3. The van der Waals surface area contributed by atoms with Crippen molar-refractivity contribution in [1.29, 1.82) is 0 Å². The van der Waals surface area contributed by atoms with E-state index in [0.29, 0.717) is 63.9 Å². The van der Waals surface area contributed by atoms with Crippen molar-refractivity contribution in [2.45, 2.75) is 150 Å². The maximum absolute atomic E-state index is 13.9. The summed E-state index contributed by atoms with van der Waals surface area (Å²) >= 11 is 18.5. The van der Waals surface area contributed by atoms with Crippen molar-refractivity contribution in [2.24, 2.45) is 0 Å². The van der Waals surface area contributed by atoms with Crippen molar-refractivity contribution in [3.63, 3.8) is 0 Å². The van der Waals surface area contributed by atoms with E-state index >= 15 is 0 Å². The molecular formula is C59H81Cl3N14O10S2. The van der Waals surface area contributed by atoms with E-state index in [4.69, 9.17) is 54.4 Å². The van der Waals surface area contributed by atoms with Crippen LogP contribution in [-0.4, -0.2) is 155 Å². The average molecular weight is 1320 g/mol. The number of sulfonamides is 2. The lowest BCUT2D eigenvalue weighted by atomic mass is 9.98. The van der Waals surface area contributed by atoms with Gasteiger partial charge in [-0.3, -0.25) is 19.0 Å². The number of ether oxygens (including phenoxy) is 2. The van der Waals surface area contributed by atoms with Gasteiger partial charge in [-0.15, -0.1) is 0 Å². The summed E-state index contributed by atoms with van der Waals surface area (Å²) in [4.78, 5) is 65.8. The molecule has 0 saturated carbocycles. The Balaban J connectivity index is 0.000000213. The minimum Gasteiger partial charge on any atom is -0.444 e. The fourth-order valence-corrected chi connectivity index (χ4v) is 12.3. The smallest absolute Gasteiger partial charge is 0.407 e. The Labute approximate surface area is 530 Å². The van der Waals surface area contributed by atoms with Crippen molar-refractivity contribution >= 4 is 107 Å². The lowest BCUT2D eigenvalue weighted by Gasteiger charge is -2.35. The number of likely N-dealkylation sites (tertiary alicyclic amines) is 2. The molecule has 4 amide bonds. The number of carbonyl (C=O) groups excluding carboxylic acids is 4. The molecule has 4 aliphatic rings. The van der Waals surface area contributed by atoms with E-state index in [2.05, 4.69) is 40.4 Å². The van der Waals surface area contributed by atoms with Crippen LogP contribution in [0.25, 0.3) is 11.3 Å². The van der Waals surface area contributed by atoms with Gasteiger partial charge in [0.1, 0.15) is 22.2 Å². The topological polar surface area (TPSA) is 285 Å². The number of hydrogen-bond donors (Lipinski definition) is 5. The van der Waals surface area contributed by atoms with Crippen molar-refractivity contribution in [3.8, 4) is 0 Å². The molecule has 24 nitrogen and oxygen atoms in total. The van der Waals surface area contributed by atoms with Crippen LogP contribution in [0.3, 0.4) is 0 Å². The molecule has 4 fully saturated rings. The molecule has 8 heterocycles. The van der Waals surface area contributed by atoms with E-state index in [9.17, 15) is 36.0 Å². The summed E-state index contributed by atoms with van der Waals surface area (Å²) < 4.78 is 66.3.